The summed E-state index contributed by atoms with van der Waals surface area (Å²) >= 11 is 0. The second kappa shape index (κ2) is 8.28. The largest absolute Gasteiger partial charge is 0.378 e. The number of rotatable bonds is 5. The Morgan fingerprint density at radius 1 is 1.11 bits per heavy atom. The van der Waals surface area contributed by atoms with Crippen LogP contribution in [-0.4, -0.2) is 36.1 Å². The zero-order valence-corrected chi connectivity index (χ0v) is 14.8. The highest BCUT2D eigenvalue weighted by Crippen LogP contribution is 2.31. The number of hydrogen-bond acceptors (Lipinski definition) is 7. The van der Waals surface area contributed by atoms with E-state index in [1.54, 1.807) is 18.2 Å². The number of nitriles is 1. The predicted molar refractivity (Wildman–Crippen MR) is 103 cm³/mol. The number of benzene rings is 2. The van der Waals surface area contributed by atoms with Gasteiger partial charge < -0.3 is 9.64 Å². The van der Waals surface area contributed by atoms with Gasteiger partial charge in [-0.2, -0.15) is 5.26 Å². The van der Waals surface area contributed by atoms with Gasteiger partial charge in [0.2, 0.25) is 0 Å². The molecule has 0 aliphatic carbocycles. The van der Waals surface area contributed by atoms with Crippen LogP contribution < -0.4 is 4.90 Å². The molecule has 1 heterocycles. The van der Waals surface area contributed by atoms with Crippen LogP contribution in [0.1, 0.15) is 11.1 Å². The minimum atomic E-state index is -0.541. The number of non-ortho nitro benzene ring substituents is 1. The first-order valence-corrected chi connectivity index (χ1v) is 8.47. The molecule has 2 aromatic carbocycles. The highest BCUT2D eigenvalue weighted by atomic mass is 16.6. The van der Waals surface area contributed by atoms with E-state index in [0.29, 0.717) is 43.1 Å². The zero-order valence-electron chi connectivity index (χ0n) is 14.8. The van der Waals surface area contributed by atoms with Crippen LogP contribution in [0.4, 0.5) is 17.1 Å². The molecule has 1 aliphatic heterocycles. The Morgan fingerprint density at radius 2 is 1.86 bits per heavy atom. The van der Waals surface area contributed by atoms with Gasteiger partial charge in [-0.05, 0) is 23.3 Å². The van der Waals surface area contributed by atoms with Gasteiger partial charge in [-0.15, -0.1) is 0 Å². The first kappa shape index (κ1) is 19.0. The average molecular weight is 380 g/mol. The molecule has 0 N–H and O–H groups in total. The van der Waals surface area contributed by atoms with Crippen molar-refractivity contribution >= 4 is 28.7 Å². The molecular formula is C19H16N4O5. The fraction of sp³-hybridized carbons (Fsp3) is 0.211. The molecule has 0 aromatic heterocycles. The maximum absolute atomic E-state index is 11.5. The van der Waals surface area contributed by atoms with Crippen LogP contribution >= 0.6 is 0 Å². The molecule has 142 valence electrons. The molecular weight excluding hydrogens is 364 g/mol. The molecule has 9 nitrogen and oxygen atoms in total. The van der Waals surface area contributed by atoms with Gasteiger partial charge >= 0.3 is 0 Å². The summed E-state index contributed by atoms with van der Waals surface area (Å²) in [6.07, 6.45) is 1.48. The number of nitrogens with zero attached hydrogens (tertiary/aromatic N) is 4. The number of allylic oxidation sites excluding steroid dienone is 1. The van der Waals surface area contributed by atoms with Crippen molar-refractivity contribution in [2.24, 2.45) is 0 Å². The SMILES string of the molecule is N#C/C(=C/c1ccc(N2CCOCC2)c([N+](=O)[O-])c1)c1cccc([N+](=O)[O-])c1. The van der Waals surface area contributed by atoms with Crippen LogP contribution in [0.2, 0.25) is 0 Å². The number of nitro groups is 2. The quantitative estimate of drug-likeness (QED) is 0.337. The maximum Gasteiger partial charge on any atom is 0.293 e. The van der Waals surface area contributed by atoms with Crippen molar-refractivity contribution in [3.8, 4) is 6.07 Å². The number of morpholine rings is 1. The van der Waals surface area contributed by atoms with Gasteiger partial charge in [-0.25, -0.2) is 0 Å². The second-order valence-electron chi connectivity index (χ2n) is 6.08. The highest BCUT2D eigenvalue weighted by molar-refractivity contribution is 5.90. The number of anilines is 1. The summed E-state index contributed by atoms with van der Waals surface area (Å²) in [6.45, 7) is 2.13. The van der Waals surface area contributed by atoms with Crippen LogP contribution in [0.25, 0.3) is 11.6 Å². The number of ether oxygens (including phenoxy) is 1. The fourth-order valence-electron chi connectivity index (χ4n) is 2.98. The smallest absolute Gasteiger partial charge is 0.293 e. The van der Waals surface area contributed by atoms with Crippen molar-refractivity contribution in [3.05, 3.63) is 73.8 Å². The molecule has 1 fully saturated rings. The Hall–Kier alpha value is -3.77. The molecule has 28 heavy (non-hydrogen) atoms. The fourth-order valence-corrected chi connectivity index (χ4v) is 2.98. The van der Waals surface area contributed by atoms with E-state index in [2.05, 4.69) is 0 Å². The third-order valence-electron chi connectivity index (χ3n) is 4.35. The summed E-state index contributed by atoms with van der Waals surface area (Å²) in [5, 5.41) is 32.0. The Balaban J connectivity index is 1.99. The van der Waals surface area contributed by atoms with Crippen LogP contribution in [0, 0.1) is 31.6 Å². The summed E-state index contributed by atoms with van der Waals surface area (Å²) < 4.78 is 5.28. The number of hydrogen-bond donors (Lipinski definition) is 0. The van der Waals surface area contributed by atoms with Crippen molar-refractivity contribution in [2.75, 3.05) is 31.2 Å². The number of nitro benzene ring substituents is 2. The molecule has 2 aromatic rings. The Morgan fingerprint density at radius 3 is 2.50 bits per heavy atom. The van der Waals surface area contributed by atoms with Crippen molar-refractivity contribution < 1.29 is 14.6 Å². The molecule has 0 unspecified atom stereocenters. The molecule has 0 atom stereocenters. The van der Waals surface area contributed by atoms with Crippen LogP contribution in [0.3, 0.4) is 0 Å². The lowest BCUT2D eigenvalue weighted by atomic mass is 10.0. The zero-order chi connectivity index (χ0) is 20.1. The van der Waals surface area contributed by atoms with Crippen molar-refractivity contribution in [2.45, 2.75) is 0 Å². The summed E-state index contributed by atoms with van der Waals surface area (Å²) in [4.78, 5) is 23.4. The molecule has 3 rings (SSSR count). The van der Waals surface area contributed by atoms with E-state index < -0.39 is 9.85 Å². The molecule has 0 spiro atoms. The third kappa shape index (κ3) is 4.13. The van der Waals surface area contributed by atoms with Gasteiger partial charge in [-0.3, -0.25) is 20.2 Å². The van der Waals surface area contributed by atoms with Gasteiger partial charge in [0.1, 0.15) is 5.69 Å². The maximum atomic E-state index is 11.5. The third-order valence-corrected chi connectivity index (χ3v) is 4.35. The molecule has 1 saturated heterocycles. The molecule has 9 heteroatoms. The lowest BCUT2D eigenvalue weighted by Crippen LogP contribution is -2.36. The lowest BCUT2D eigenvalue weighted by molar-refractivity contribution is -0.384. The summed E-state index contributed by atoms with van der Waals surface area (Å²) in [5.74, 6) is 0. The van der Waals surface area contributed by atoms with Gasteiger partial charge in [-0.1, -0.05) is 18.2 Å². The van der Waals surface area contributed by atoms with E-state index in [0.717, 1.165) is 0 Å². The van der Waals surface area contributed by atoms with E-state index in [1.165, 1.54) is 30.3 Å². The molecule has 0 amide bonds. The Bertz CT molecular complexity index is 990. The van der Waals surface area contributed by atoms with Crippen LogP contribution in [-0.2, 0) is 4.74 Å². The molecule has 0 bridgehead atoms. The highest BCUT2D eigenvalue weighted by Gasteiger charge is 2.21. The Labute approximate surface area is 160 Å². The first-order valence-electron chi connectivity index (χ1n) is 8.47. The minimum Gasteiger partial charge on any atom is -0.378 e. The van der Waals surface area contributed by atoms with E-state index in [4.69, 9.17) is 4.74 Å². The summed E-state index contributed by atoms with van der Waals surface area (Å²) in [6, 6.07) is 12.4. The van der Waals surface area contributed by atoms with Crippen LogP contribution in [0.5, 0.6) is 0 Å². The molecule has 1 aliphatic rings. The standard InChI is InChI=1S/C19H16N4O5/c20-13-16(15-2-1-3-17(12-15)22(24)25)10-14-4-5-18(19(11-14)23(26)27)21-6-8-28-9-7-21/h1-5,10-12H,6-9H2/b16-10-. The van der Waals surface area contributed by atoms with E-state index in [1.807, 2.05) is 11.0 Å². The van der Waals surface area contributed by atoms with Crippen molar-refractivity contribution in [3.63, 3.8) is 0 Å². The van der Waals surface area contributed by atoms with Gasteiger partial charge in [0.15, 0.2) is 0 Å². The molecule has 0 saturated carbocycles. The van der Waals surface area contributed by atoms with E-state index in [-0.39, 0.29) is 16.9 Å². The Kier molecular flexibility index (Phi) is 5.62. The van der Waals surface area contributed by atoms with E-state index in [9.17, 15) is 25.5 Å². The van der Waals surface area contributed by atoms with Crippen molar-refractivity contribution in [1.29, 1.82) is 5.26 Å². The lowest BCUT2D eigenvalue weighted by Gasteiger charge is -2.28. The van der Waals surface area contributed by atoms with Gasteiger partial charge in [0, 0.05) is 31.3 Å². The average Bonchev–Trinajstić information content (AvgIpc) is 2.72. The minimum absolute atomic E-state index is 0.0630. The van der Waals surface area contributed by atoms with E-state index >= 15 is 0 Å². The topological polar surface area (TPSA) is 123 Å². The van der Waals surface area contributed by atoms with Gasteiger partial charge in [0.25, 0.3) is 11.4 Å². The molecule has 0 radical (unpaired) electrons. The predicted octanol–water partition coefficient (Wildman–Crippen LogP) is 3.40. The summed E-state index contributed by atoms with van der Waals surface area (Å²) in [5.41, 5.74) is 1.32. The normalized spacial score (nSPS) is 14.4. The summed E-state index contributed by atoms with van der Waals surface area (Å²) in [7, 11) is 0. The van der Waals surface area contributed by atoms with Gasteiger partial charge in [0.05, 0.1) is 34.7 Å². The first-order chi connectivity index (χ1) is 13.5. The second-order valence-corrected chi connectivity index (χ2v) is 6.08. The van der Waals surface area contributed by atoms with Crippen molar-refractivity contribution in [1.82, 2.24) is 0 Å². The van der Waals surface area contributed by atoms with Crippen LogP contribution in [0.15, 0.2) is 42.5 Å². The monoisotopic (exact) mass is 380 g/mol.